The Labute approximate surface area is 129 Å². The van der Waals surface area contributed by atoms with E-state index in [0.717, 1.165) is 45.4 Å². The summed E-state index contributed by atoms with van der Waals surface area (Å²) in [6.07, 6.45) is 3.85. The predicted molar refractivity (Wildman–Crippen MR) is 85.1 cm³/mol. The van der Waals surface area contributed by atoms with Crippen molar-refractivity contribution in [3.05, 3.63) is 0 Å². The maximum atomic E-state index is 12.3. The first-order valence-corrected chi connectivity index (χ1v) is 7.56. The van der Waals surface area contributed by atoms with Crippen LogP contribution in [0.5, 0.6) is 0 Å². The molecule has 0 aromatic heterocycles. The first-order valence-electron chi connectivity index (χ1n) is 7.56. The monoisotopic (exact) mass is 306 g/mol. The Bertz CT molecular complexity index is 288. The first-order chi connectivity index (χ1) is 8.86. The summed E-state index contributed by atoms with van der Waals surface area (Å²) >= 11 is 0. The summed E-state index contributed by atoms with van der Waals surface area (Å²) in [7, 11) is 0. The normalized spacial score (nSPS) is 19.6. The molecule has 1 aliphatic rings. The van der Waals surface area contributed by atoms with E-state index in [1.165, 1.54) is 0 Å². The van der Waals surface area contributed by atoms with Crippen LogP contribution in [0.2, 0.25) is 0 Å². The van der Waals surface area contributed by atoms with Crippen LogP contribution < -0.4 is 5.73 Å². The summed E-state index contributed by atoms with van der Waals surface area (Å²) in [6.45, 7) is 10.6. The molecule has 20 heavy (non-hydrogen) atoms. The fourth-order valence-electron chi connectivity index (χ4n) is 2.54. The molecule has 1 heterocycles. The zero-order valence-corrected chi connectivity index (χ0v) is 14.2. The summed E-state index contributed by atoms with van der Waals surface area (Å²) in [5, 5.41) is 0. The van der Waals surface area contributed by atoms with Crippen LogP contribution in [-0.2, 0) is 9.53 Å². The van der Waals surface area contributed by atoms with Crippen molar-refractivity contribution >= 4 is 18.3 Å². The van der Waals surface area contributed by atoms with Gasteiger partial charge in [-0.2, -0.15) is 0 Å². The number of likely N-dealkylation sites (tertiary alicyclic amines) is 1. The average molecular weight is 307 g/mol. The van der Waals surface area contributed by atoms with Crippen LogP contribution in [0.3, 0.4) is 0 Å². The molecule has 1 atom stereocenters. The minimum absolute atomic E-state index is 0. The Morgan fingerprint density at radius 1 is 1.40 bits per heavy atom. The molecule has 0 aromatic rings. The van der Waals surface area contributed by atoms with Gasteiger partial charge in [-0.25, -0.2) is 0 Å². The number of nitrogens with zero attached hydrogens (tertiary/aromatic N) is 1. The molecular weight excluding hydrogens is 276 g/mol. The molecule has 5 heteroatoms. The van der Waals surface area contributed by atoms with Gasteiger partial charge in [0.1, 0.15) is 0 Å². The fraction of sp³-hybridized carbons (Fsp3) is 0.933. The van der Waals surface area contributed by atoms with Gasteiger partial charge < -0.3 is 15.4 Å². The van der Waals surface area contributed by atoms with Gasteiger partial charge >= 0.3 is 0 Å². The van der Waals surface area contributed by atoms with Crippen molar-refractivity contribution in [1.82, 2.24) is 4.90 Å². The van der Waals surface area contributed by atoms with E-state index in [4.69, 9.17) is 10.5 Å². The Balaban J connectivity index is 0.00000361. The molecule has 0 spiro atoms. The van der Waals surface area contributed by atoms with Gasteiger partial charge in [0.05, 0.1) is 11.6 Å². The third-order valence-electron chi connectivity index (χ3n) is 3.65. The van der Waals surface area contributed by atoms with Crippen LogP contribution in [-0.4, -0.2) is 42.1 Å². The molecule has 120 valence electrons. The van der Waals surface area contributed by atoms with Gasteiger partial charge in [0.15, 0.2) is 0 Å². The van der Waals surface area contributed by atoms with Gasteiger partial charge in [0.25, 0.3) is 0 Å². The lowest BCUT2D eigenvalue weighted by Gasteiger charge is -2.36. The second kappa shape index (κ2) is 8.85. The lowest BCUT2D eigenvalue weighted by molar-refractivity contribution is -0.139. The van der Waals surface area contributed by atoms with Gasteiger partial charge in [0.2, 0.25) is 5.91 Å². The van der Waals surface area contributed by atoms with Crippen LogP contribution in [0.15, 0.2) is 0 Å². The van der Waals surface area contributed by atoms with Crippen molar-refractivity contribution in [2.24, 2.45) is 11.7 Å². The molecule has 0 aliphatic carbocycles. The van der Waals surface area contributed by atoms with Gasteiger partial charge in [0, 0.05) is 19.7 Å². The second-order valence-electron chi connectivity index (χ2n) is 6.39. The topological polar surface area (TPSA) is 55.6 Å². The number of ether oxygens (including phenoxy) is 1. The van der Waals surface area contributed by atoms with Crippen molar-refractivity contribution in [1.29, 1.82) is 0 Å². The number of nitrogens with two attached hydrogens (primary N) is 1. The Morgan fingerprint density at radius 3 is 2.40 bits per heavy atom. The summed E-state index contributed by atoms with van der Waals surface area (Å²) in [5.41, 5.74) is 5.40. The Morgan fingerprint density at radius 2 is 1.95 bits per heavy atom. The third-order valence-corrected chi connectivity index (χ3v) is 3.65. The summed E-state index contributed by atoms with van der Waals surface area (Å²) in [6, 6.07) is 0. The number of hydrogen-bond acceptors (Lipinski definition) is 3. The number of hydrogen-bond donors (Lipinski definition) is 1. The quantitative estimate of drug-likeness (QED) is 0.820. The van der Waals surface area contributed by atoms with Crippen LogP contribution >= 0.6 is 12.4 Å². The number of rotatable bonds is 6. The molecule has 0 aromatic carbocycles. The van der Waals surface area contributed by atoms with Gasteiger partial charge in [-0.1, -0.05) is 27.2 Å². The SMILES string of the molecule is CCCC(C)(N)C(=O)N1CCC(OCC(C)C)CC1.Cl. The van der Waals surface area contributed by atoms with Crippen LogP contribution in [0.1, 0.15) is 53.4 Å². The minimum atomic E-state index is -0.708. The molecule has 2 N–H and O–H groups in total. The smallest absolute Gasteiger partial charge is 0.242 e. The molecule has 0 bridgehead atoms. The number of halogens is 1. The molecule has 1 aliphatic heterocycles. The van der Waals surface area contributed by atoms with Crippen molar-refractivity contribution < 1.29 is 9.53 Å². The average Bonchev–Trinajstić information content (AvgIpc) is 2.36. The molecule has 1 saturated heterocycles. The van der Waals surface area contributed by atoms with E-state index in [1.54, 1.807) is 0 Å². The molecule has 1 rings (SSSR count). The molecule has 0 radical (unpaired) electrons. The molecule has 1 fully saturated rings. The standard InChI is InChI=1S/C15H30N2O2.ClH/c1-5-8-15(4,16)14(18)17-9-6-13(7-10-17)19-11-12(2)3;/h12-13H,5-11,16H2,1-4H3;1H. The van der Waals surface area contributed by atoms with Crippen molar-refractivity contribution in [3.63, 3.8) is 0 Å². The zero-order valence-electron chi connectivity index (χ0n) is 13.4. The van der Waals surface area contributed by atoms with Crippen molar-refractivity contribution in [2.75, 3.05) is 19.7 Å². The van der Waals surface area contributed by atoms with Crippen molar-refractivity contribution in [2.45, 2.75) is 65.0 Å². The van der Waals surface area contributed by atoms with E-state index in [2.05, 4.69) is 20.8 Å². The highest BCUT2D eigenvalue weighted by atomic mass is 35.5. The van der Waals surface area contributed by atoms with Crippen LogP contribution in [0, 0.1) is 5.92 Å². The summed E-state index contributed by atoms with van der Waals surface area (Å²) < 4.78 is 5.84. The molecular formula is C15H31ClN2O2. The maximum absolute atomic E-state index is 12.3. The number of carbonyl (C=O) groups is 1. The first kappa shape index (κ1) is 19.7. The van der Waals surface area contributed by atoms with Gasteiger partial charge in [-0.3, -0.25) is 4.79 Å². The zero-order chi connectivity index (χ0) is 14.5. The number of carbonyl (C=O) groups excluding carboxylic acids is 1. The van der Waals surface area contributed by atoms with Gasteiger partial charge in [-0.05, 0) is 32.1 Å². The molecule has 1 unspecified atom stereocenters. The van der Waals surface area contributed by atoms with Gasteiger partial charge in [-0.15, -0.1) is 12.4 Å². The minimum Gasteiger partial charge on any atom is -0.378 e. The van der Waals surface area contributed by atoms with E-state index in [9.17, 15) is 4.79 Å². The van der Waals surface area contributed by atoms with E-state index in [1.807, 2.05) is 11.8 Å². The largest absolute Gasteiger partial charge is 0.378 e. The van der Waals surface area contributed by atoms with Crippen LogP contribution in [0.4, 0.5) is 0 Å². The second-order valence-corrected chi connectivity index (χ2v) is 6.39. The third kappa shape index (κ3) is 5.98. The maximum Gasteiger partial charge on any atom is 0.242 e. The number of piperidine rings is 1. The highest BCUT2D eigenvalue weighted by Gasteiger charge is 2.33. The lowest BCUT2D eigenvalue weighted by atomic mass is 9.94. The van der Waals surface area contributed by atoms with E-state index in [0.29, 0.717) is 12.0 Å². The molecule has 4 nitrogen and oxygen atoms in total. The Kier molecular flexibility index (Phi) is 8.71. The molecule has 1 amide bonds. The van der Waals surface area contributed by atoms with E-state index in [-0.39, 0.29) is 18.3 Å². The van der Waals surface area contributed by atoms with Crippen molar-refractivity contribution in [3.8, 4) is 0 Å². The predicted octanol–water partition coefficient (Wildman–Crippen LogP) is 2.59. The van der Waals surface area contributed by atoms with Crippen LogP contribution in [0.25, 0.3) is 0 Å². The van der Waals surface area contributed by atoms with E-state index < -0.39 is 5.54 Å². The number of amides is 1. The fourth-order valence-corrected chi connectivity index (χ4v) is 2.54. The summed E-state index contributed by atoms with van der Waals surface area (Å²) in [5.74, 6) is 0.660. The molecule has 0 saturated carbocycles. The van der Waals surface area contributed by atoms with E-state index >= 15 is 0 Å². The summed E-state index contributed by atoms with van der Waals surface area (Å²) in [4.78, 5) is 14.3. The lowest BCUT2D eigenvalue weighted by Crippen LogP contribution is -2.55. The highest BCUT2D eigenvalue weighted by Crippen LogP contribution is 2.19. The Hall–Kier alpha value is -0.320. The highest BCUT2D eigenvalue weighted by molar-refractivity contribution is 5.86.